The van der Waals surface area contributed by atoms with Gasteiger partial charge in [-0.05, 0) is 35.8 Å². The van der Waals surface area contributed by atoms with Crippen LogP contribution >= 0.6 is 11.6 Å². The Labute approximate surface area is 175 Å². The molecule has 0 aliphatic carbocycles. The van der Waals surface area contributed by atoms with Gasteiger partial charge in [0.25, 0.3) is 0 Å². The summed E-state index contributed by atoms with van der Waals surface area (Å²) in [6, 6.07) is 11.9. The Bertz CT molecular complexity index is 869. The lowest BCUT2D eigenvalue weighted by molar-refractivity contribution is -0.124. The van der Waals surface area contributed by atoms with Gasteiger partial charge in [0.2, 0.25) is 11.8 Å². The van der Waals surface area contributed by atoms with Gasteiger partial charge in [-0.2, -0.15) is 0 Å². The van der Waals surface area contributed by atoms with Crippen LogP contribution in [0.1, 0.15) is 24.5 Å². The van der Waals surface area contributed by atoms with E-state index in [2.05, 4.69) is 5.32 Å². The highest BCUT2D eigenvalue weighted by atomic mass is 35.5. The second kappa shape index (κ2) is 11.1. The number of benzene rings is 2. The van der Waals surface area contributed by atoms with Crippen LogP contribution in [-0.2, 0) is 16.0 Å². The third-order valence-corrected chi connectivity index (χ3v) is 4.35. The van der Waals surface area contributed by atoms with Crippen LogP contribution in [0.3, 0.4) is 0 Å². The summed E-state index contributed by atoms with van der Waals surface area (Å²) in [6.07, 6.45) is 4.05. The van der Waals surface area contributed by atoms with Crippen molar-refractivity contribution in [2.24, 2.45) is 5.73 Å². The molecule has 0 bridgehead atoms. The van der Waals surface area contributed by atoms with Crippen LogP contribution in [0.25, 0.3) is 6.08 Å². The lowest BCUT2D eigenvalue weighted by atomic mass is 10.1. The molecule has 0 aliphatic heterocycles. The number of nitrogens with two attached hydrogens (primary N) is 1. The minimum Gasteiger partial charge on any atom is -0.493 e. The van der Waals surface area contributed by atoms with E-state index in [1.807, 2.05) is 37.3 Å². The number of hydrogen-bond donors (Lipinski definition) is 2. The standard InChI is InChI=1S/C22H25ClN2O4/c1-3-11-29-21-17(23)12-16(14-19(21)28-2)9-10-20(26)25-18(22(24)27)13-15-7-5-4-6-8-15/h4-10,12,14,18H,3,11,13H2,1-2H3,(H2,24,27)(H,25,26)/b10-9-/t18-/m0/s1. The maximum absolute atomic E-state index is 12.3. The number of nitrogens with one attached hydrogen (secondary N) is 1. The molecule has 154 valence electrons. The van der Waals surface area contributed by atoms with E-state index in [1.165, 1.54) is 13.2 Å². The topological polar surface area (TPSA) is 90.6 Å². The molecule has 0 aromatic heterocycles. The van der Waals surface area contributed by atoms with Gasteiger partial charge in [-0.3, -0.25) is 9.59 Å². The van der Waals surface area contributed by atoms with Gasteiger partial charge in [0.05, 0.1) is 18.7 Å². The molecule has 1 atom stereocenters. The molecule has 29 heavy (non-hydrogen) atoms. The van der Waals surface area contributed by atoms with E-state index in [0.717, 1.165) is 12.0 Å². The van der Waals surface area contributed by atoms with Gasteiger partial charge in [-0.25, -0.2) is 0 Å². The second-order valence-electron chi connectivity index (χ2n) is 6.37. The Hall–Kier alpha value is -2.99. The molecule has 0 heterocycles. The highest BCUT2D eigenvalue weighted by Gasteiger charge is 2.17. The summed E-state index contributed by atoms with van der Waals surface area (Å²) >= 11 is 6.28. The number of primary amides is 1. The Morgan fingerprint density at radius 3 is 2.59 bits per heavy atom. The molecule has 7 heteroatoms. The summed E-state index contributed by atoms with van der Waals surface area (Å²) in [5.74, 6) is -0.0942. The van der Waals surface area contributed by atoms with Crippen molar-refractivity contribution in [2.45, 2.75) is 25.8 Å². The van der Waals surface area contributed by atoms with Crippen LogP contribution < -0.4 is 20.5 Å². The molecular formula is C22H25ClN2O4. The molecule has 0 spiro atoms. The summed E-state index contributed by atoms with van der Waals surface area (Å²) in [6.45, 7) is 2.51. The molecule has 2 amide bonds. The third-order valence-electron chi connectivity index (χ3n) is 4.07. The van der Waals surface area contributed by atoms with Gasteiger partial charge in [0, 0.05) is 12.5 Å². The maximum atomic E-state index is 12.3. The van der Waals surface area contributed by atoms with Crippen molar-refractivity contribution in [2.75, 3.05) is 13.7 Å². The zero-order chi connectivity index (χ0) is 21.2. The number of carbonyl (C=O) groups is 2. The minimum absolute atomic E-state index is 0.318. The van der Waals surface area contributed by atoms with Crippen LogP contribution in [0, 0.1) is 0 Å². The first-order valence-electron chi connectivity index (χ1n) is 9.26. The van der Waals surface area contributed by atoms with E-state index in [9.17, 15) is 9.59 Å². The zero-order valence-corrected chi connectivity index (χ0v) is 17.2. The number of ether oxygens (including phenoxy) is 2. The molecule has 3 N–H and O–H groups in total. The molecule has 0 saturated carbocycles. The van der Waals surface area contributed by atoms with Gasteiger partial charge < -0.3 is 20.5 Å². The Morgan fingerprint density at radius 2 is 1.97 bits per heavy atom. The number of methoxy groups -OCH3 is 1. The van der Waals surface area contributed by atoms with Gasteiger partial charge in [-0.1, -0.05) is 48.9 Å². The number of hydrogen-bond acceptors (Lipinski definition) is 4. The van der Waals surface area contributed by atoms with Gasteiger partial charge in [-0.15, -0.1) is 0 Å². The van der Waals surface area contributed by atoms with E-state index in [1.54, 1.807) is 18.2 Å². The number of halogens is 1. The van der Waals surface area contributed by atoms with E-state index < -0.39 is 17.9 Å². The molecule has 2 rings (SSSR count). The van der Waals surface area contributed by atoms with E-state index >= 15 is 0 Å². The fraction of sp³-hybridized carbons (Fsp3) is 0.273. The lowest BCUT2D eigenvalue weighted by Gasteiger charge is -2.14. The molecule has 0 radical (unpaired) electrons. The first kappa shape index (κ1) is 22.3. The van der Waals surface area contributed by atoms with Crippen molar-refractivity contribution in [3.05, 3.63) is 64.7 Å². The van der Waals surface area contributed by atoms with Crippen LogP contribution in [0.15, 0.2) is 48.5 Å². The van der Waals surface area contributed by atoms with Crippen molar-refractivity contribution in [3.63, 3.8) is 0 Å². The predicted octanol–water partition coefficient (Wildman–Crippen LogP) is 3.36. The molecule has 0 saturated heterocycles. The Morgan fingerprint density at radius 1 is 1.24 bits per heavy atom. The average Bonchev–Trinajstić information content (AvgIpc) is 2.71. The summed E-state index contributed by atoms with van der Waals surface area (Å²) in [7, 11) is 1.52. The first-order valence-corrected chi connectivity index (χ1v) is 9.64. The molecule has 2 aromatic rings. The lowest BCUT2D eigenvalue weighted by Crippen LogP contribution is -2.45. The third kappa shape index (κ3) is 6.84. The average molecular weight is 417 g/mol. The van der Waals surface area contributed by atoms with E-state index in [4.69, 9.17) is 26.8 Å². The quantitative estimate of drug-likeness (QED) is 0.581. The van der Waals surface area contributed by atoms with Crippen molar-refractivity contribution in [3.8, 4) is 11.5 Å². The highest BCUT2D eigenvalue weighted by molar-refractivity contribution is 6.32. The maximum Gasteiger partial charge on any atom is 0.244 e. The predicted molar refractivity (Wildman–Crippen MR) is 114 cm³/mol. The van der Waals surface area contributed by atoms with Crippen LogP contribution in [0.4, 0.5) is 0 Å². The fourth-order valence-electron chi connectivity index (χ4n) is 2.64. The Balaban J connectivity index is 2.08. The van der Waals surface area contributed by atoms with Crippen molar-refractivity contribution < 1.29 is 19.1 Å². The summed E-state index contributed by atoms with van der Waals surface area (Å²) in [5.41, 5.74) is 6.99. The molecule has 0 fully saturated rings. The second-order valence-corrected chi connectivity index (χ2v) is 6.78. The normalized spacial score (nSPS) is 11.8. The summed E-state index contributed by atoms with van der Waals surface area (Å²) in [5, 5.41) is 3.01. The van der Waals surface area contributed by atoms with Crippen molar-refractivity contribution in [1.29, 1.82) is 0 Å². The SMILES string of the molecule is CCCOc1c(Cl)cc(/C=C\C(=O)N[C@@H](Cc2ccccc2)C(N)=O)cc1OC. The number of amides is 2. The van der Waals surface area contributed by atoms with Crippen LogP contribution in [0.2, 0.25) is 5.02 Å². The minimum atomic E-state index is -0.808. The van der Waals surface area contributed by atoms with Gasteiger partial charge in [0.1, 0.15) is 6.04 Å². The zero-order valence-electron chi connectivity index (χ0n) is 16.5. The first-order chi connectivity index (χ1) is 13.9. The van der Waals surface area contributed by atoms with Gasteiger partial charge >= 0.3 is 0 Å². The molecule has 2 aromatic carbocycles. The molecule has 0 aliphatic rings. The largest absolute Gasteiger partial charge is 0.493 e. The van der Waals surface area contributed by atoms with Crippen LogP contribution in [0.5, 0.6) is 11.5 Å². The van der Waals surface area contributed by atoms with Crippen LogP contribution in [-0.4, -0.2) is 31.6 Å². The van der Waals surface area contributed by atoms with Gasteiger partial charge in [0.15, 0.2) is 11.5 Å². The smallest absolute Gasteiger partial charge is 0.244 e. The Kier molecular flexibility index (Phi) is 8.55. The highest BCUT2D eigenvalue weighted by Crippen LogP contribution is 2.36. The monoisotopic (exact) mass is 416 g/mol. The molecule has 6 nitrogen and oxygen atoms in total. The molecule has 0 unspecified atom stereocenters. The fourth-order valence-corrected chi connectivity index (χ4v) is 2.92. The summed E-state index contributed by atoms with van der Waals surface area (Å²) in [4.78, 5) is 24.0. The summed E-state index contributed by atoms with van der Waals surface area (Å²) < 4.78 is 10.9. The number of carbonyl (C=O) groups excluding carboxylic acids is 2. The number of rotatable bonds is 10. The molecular weight excluding hydrogens is 392 g/mol. The van der Waals surface area contributed by atoms with E-state index in [-0.39, 0.29) is 0 Å². The van der Waals surface area contributed by atoms with Crippen molar-refractivity contribution >= 4 is 29.5 Å². The van der Waals surface area contributed by atoms with Crippen molar-refractivity contribution in [1.82, 2.24) is 5.32 Å². The van der Waals surface area contributed by atoms with E-state index in [0.29, 0.717) is 35.1 Å².